The lowest BCUT2D eigenvalue weighted by Crippen LogP contribution is -2.29. The van der Waals surface area contributed by atoms with Crippen molar-refractivity contribution in [2.24, 2.45) is 5.92 Å². The van der Waals surface area contributed by atoms with Gasteiger partial charge in [0.15, 0.2) is 11.6 Å². The Labute approximate surface area is 115 Å². The first-order valence-corrected chi connectivity index (χ1v) is 7.23. The summed E-state index contributed by atoms with van der Waals surface area (Å²) in [6.07, 6.45) is 4.15. The summed E-state index contributed by atoms with van der Waals surface area (Å²) in [5.74, 6) is 0.818. The van der Waals surface area contributed by atoms with E-state index in [0.717, 1.165) is 18.7 Å². The number of hydrogen-bond acceptors (Lipinski definition) is 3. The summed E-state index contributed by atoms with van der Waals surface area (Å²) in [6, 6.07) is 2.37. The van der Waals surface area contributed by atoms with E-state index < -0.39 is 0 Å². The molecule has 1 N–H and O–H groups in total. The number of pyridine rings is 1. The summed E-state index contributed by atoms with van der Waals surface area (Å²) in [5.41, 5.74) is 0.721. The SMILES string of the molecule is CCN(CC(C)C)c1nccc(CNC2CC2)c1F. The highest BCUT2D eigenvalue weighted by molar-refractivity contribution is 5.43. The molecule has 19 heavy (non-hydrogen) atoms. The molecule has 0 radical (unpaired) electrons. The van der Waals surface area contributed by atoms with Crippen LogP contribution < -0.4 is 10.2 Å². The van der Waals surface area contributed by atoms with Crippen molar-refractivity contribution < 1.29 is 4.39 Å². The minimum atomic E-state index is -0.168. The normalized spacial score (nSPS) is 15.0. The first kappa shape index (κ1) is 14.3. The van der Waals surface area contributed by atoms with E-state index in [1.807, 2.05) is 11.8 Å². The Morgan fingerprint density at radius 3 is 2.79 bits per heavy atom. The van der Waals surface area contributed by atoms with E-state index in [1.54, 1.807) is 12.3 Å². The molecule has 0 unspecified atom stereocenters. The van der Waals surface area contributed by atoms with Gasteiger partial charge in [0, 0.05) is 37.4 Å². The maximum absolute atomic E-state index is 14.5. The minimum absolute atomic E-state index is 0.168. The number of rotatable bonds is 7. The molecule has 1 aromatic heterocycles. The Balaban J connectivity index is 2.11. The van der Waals surface area contributed by atoms with Gasteiger partial charge in [-0.15, -0.1) is 0 Å². The van der Waals surface area contributed by atoms with Gasteiger partial charge in [-0.3, -0.25) is 0 Å². The zero-order valence-electron chi connectivity index (χ0n) is 12.1. The summed E-state index contributed by atoms with van der Waals surface area (Å²) in [5, 5.41) is 3.35. The molecule has 0 saturated heterocycles. The third-order valence-electron chi connectivity index (χ3n) is 3.38. The van der Waals surface area contributed by atoms with Crippen molar-refractivity contribution in [2.75, 3.05) is 18.0 Å². The van der Waals surface area contributed by atoms with Crippen molar-refractivity contribution in [3.63, 3.8) is 0 Å². The highest BCUT2D eigenvalue weighted by Crippen LogP contribution is 2.23. The standard InChI is InChI=1S/C15H24FN3/c1-4-19(10-11(2)3)15-14(16)12(7-8-17-15)9-18-13-5-6-13/h7-8,11,13,18H,4-6,9-10H2,1-3H3. The molecule has 1 heterocycles. The van der Waals surface area contributed by atoms with Crippen LogP contribution in [0.15, 0.2) is 12.3 Å². The van der Waals surface area contributed by atoms with Crippen molar-refractivity contribution in [1.29, 1.82) is 0 Å². The topological polar surface area (TPSA) is 28.2 Å². The third-order valence-corrected chi connectivity index (χ3v) is 3.38. The third kappa shape index (κ3) is 3.90. The summed E-state index contributed by atoms with van der Waals surface area (Å²) in [4.78, 5) is 6.24. The zero-order valence-corrected chi connectivity index (χ0v) is 12.1. The molecule has 0 bridgehead atoms. The largest absolute Gasteiger partial charge is 0.354 e. The average molecular weight is 265 g/mol. The minimum Gasteiger partial charge on any atom is -0.354 e. The molecule has 106 valence electrons. The van der Waals surface area contributed by atoms with Crippen LogP contribution in [0.25, 0.3) is 0 Å². The predicted octanol–water partition coefficient (Wildman–Crippen LogP) is 2.96. The van der Waals surface area contributed by atoms with E-state index in [9.17, 15) is 4.39 Å². The van der Waals surface area contributed by atoms with Crippen molar-refractivity contribution in [3.8, 4) is 0 Å². The molecule has 0 aromatic carbocycles. The molecule has 1 fully saturated rings. The number of aromatic nitrogens is 1. The van der Waals surface area contributed by atoms with Gasteiger partial charge in [-0.1, -0.05) is 13.8 Å². The van der Waals surface area contributed by atoms with Crippen LogP contribution in [-0.4, -0.2) is 24.1 Å². The van der Waals surface area contributed by atoms with Crippen LogP contribution >= 0.6 is 0 Å². The van der Waals surface area contributed by atoms with E-state index in [4.69, 9.17) is 0 Å². The Kier molecular flexibility index (Phi) is 4.75. The quantitative estimate of drug-likeness (QED) is 0.821. The van der Waals surface area contributed by atoms with Gasteiger partial charge in [-0.2, -0.15) is 0 Å². The van der Waals surface area contributed by atoms with Crippen LogP contribution in [0.5, 0.6) is 0 Å². The summed E-state index contributed by atoms with van der Waals surface area (Å²) in [7, 11) is 0. The average Bonchev–Trinajstić information content (AvgIpc) is 3.19. The van der Waals surface area contributed by atoms with Gasteiger partial charge in [0.05, 0.1) is 0 Å². The van der Waals surface area contributed by atoms with Gasteiger partial charge in [-0.05, 0) is 31.7 Å². The van der Waals surface area contributed by atoms with Crippen LogP contribution in [0.2, 0.25) is 0 Å². The fourth-order valence-electron chi connectivity index (χ4n) is 2.18. The zero-order chi connectivity index (χ0) is 13.8. The smallest absolute Gasteiger partial charge is 0.170 e. The molecule has 1 saturated carbocycles. The molecule has 0 aliphatic heterocycles. The predicted molar refractivity (Wildman–Crippen MR) is 76.8 cm³/mol. The monoisotopic (exact) mass is 265 g/mol. The van der Waals surface area contributed by atoms with E-state index >= 15 is 0 Å². The fourth-order valence-corrected chi connectivity index (χ4v) is 2.18. The molecule has 3 nitrogen and oxygen atoms in total. The van der Waals surface area contributed by atoms with Crippen LogP contribution in [0.3, 0.4) is 0 Å². The van der Waals surface area contributed by atoms with E-state index in [2.05, 4.69) is 24.1 Å². The lowest BCUT2D eigenvalue weighted by Gasteiger charge is -2.25. The van der Waals surface area contributed by atoms with Gasteiger partial charge in [0.25, 0.3) is 0 Å². The molecule has 2 rings (SSSR count). The molecule has 4 heteroatoms. The lowest BCUT2D eigenvalue weighted by molar-refractivity contribution is 0.558. The Morgan fingerprint density at radius 1 is 1.47 bits per heavy atom. The van der Waals surface area contributed by atoms with E-state index in [0.29, 0.717) is 24.3 Å². The summed E-state index contributed by atoms with van der Waals surface area (Å²) < 4.78 is 14.5. The van der Waals surface area contributed by atoms with Gasteiger partial charge in [0.1, 0.15) is 0 Å². The maximum Gasteiger partial charge on any atom is 0.170 e. The van der Waals surface area contributed by atoms with Crippen molar-refractivity contribution in [2.45, 2.75) is 46.2 Å². The van der Waals surface area contributed by atoms with Gasteiger partial charge in [0.2, 0.25) is 0 Å². The molecule has 0 atom stereocenters. The van der Waals surface area contributed by atoms with Gasteiger partial charge in [-0.25, -0.2) is 9.37 Å². The second-order valence-corrected chi connectivity index (χ2v) is 5.70. The Hall–Kier alpha value is -1.16. The first-order valence-electron chi connectivity index (χ1n) is 7.23. The molecule has 1 aliphatic carbocycles. The van der Waals surface area contributed by atoms with E-state index in [1.165, 1.54) is 12.8 Å². The molecular weight excluding hydrogens is 241 g/mol. The van der Waals surface area contributed by atoms with Crippen LogP contribution in [0.1, 0.15) is 39.2 Å². The van der Waals surface area contributed by atoms with Gasteiger partial charge >= 0.3 is 0 Å². The van der Waals surface area contributed by atoms with Crippen molar-refractivity contribution in [1.82, 2.24) is 10.3 Å². The number of anilines is 1. The number of nitrogens with one attached hydrogen (secondary N) is 1. The molecule has 0 amide bonds. The number of nitrogens with zero attached hydrogens (tertiary/aromatic N) is 2. The van der Waals surface area contributed by atoms with Crippen LogP contribution in [-0.2, 0) is 6.54 Å². The highest BCUT2D eigenvalue weighted by atomic mass is 19.1. The molecule has 0 spiro atoms. The molecule has 1 aromatic rings. The molecule has 1 aliphatic rings. The first-order chi connectivity index (χ1) is 9.11. The fraction of sp³-hybridized carbons (Fsp3) is 0.667. The highest BCUT2D eigenvalue weighted by Gasteiger charge is 2.22. The Bertz CT molecular complexity index is 416. The second kappa shape index (κ2) is 6.33. The maximum atomic E-state index is 14.5. The summed E-state index contributed by atoms with van der Waals surface area (Å²) >= 11 is 0. The Morgan fingerprint density at radius 2 is 2.21 bits per heavy atom. The van der Waals surface area contributed by atoms with Crippen LogP contribution in [0.4, 0.5) is 10.2 Å². The van der Waals surface area contributed by atoms with Crippen molar-refractivity contribution in [3.05, 3.63) is 23.6 Å². The van der Waals surface area contributed by atoms with Crippen LogP contribution in [0, 0.1) is 11.7 Å². The molecular formula is C15H24FN3. The lowest BCUT2D eigenvalue weighted by atomic mass is 10.2. The summed E-state index contributed by atoms with van der Waals surface area (Å²) in [6.45, 7) is 8.53. The number of hydrogen-bond donors (Lipinski definition) is 1. The number of halogens is 1. The van der Waals surface area contributed by atoms with Gasteiger partial charge < -0.3 is 10.2 Å². The second-order valence-electron chi connectivity index (χ2n) is 5.70. The van der Waals surface area contributed by atoms with E-state index in [-0.39, 0.29) is 5.82 Å². The van der Waals surface area contributed by atoms with Crippen molar-refractivity contribution >= 4 is 5.82 Å².